The standard InChI is InChI=1S/C16H23N3O/c1-9(2)13-7-12(8-15(17)18-13)16(20)19-14-6-10-3-4-11(14)5-10/h7-11,14H,3-6H2,1-2H3,(H2,17,18)(H,19,20). The van der Waals surface area contributed by atoms with Gasteiger partial charge < -0.3 is 11.1 Å². The van der Waals surface area contributed by atoms with Gasteiger partial charge >= 0.3 is 0 Å². The van der Waals surface area contributed by atoms with Crippen LogP contribution in [-0.2, 0) is 0 Å². The van der Waals surface area contributed by atoms with Crippen LogP contribution in [-0.4, -0.2) is 16.9 Å². The van der Waals surface area contributed by atoms with Crippen LogP contribution in [0.2, 0.25) is 0 Å². The van der Waals surface area contributed by atoms with Crippen LogP contribution in [0.1, 0.15) is 61.5 Å². The number of nitrogens with one attached hydrogen (secondary N) is 1. The smallest absolute Gasteiger partial charge is 0.251 e. The molecular weight excluding hydrogens is 250 g/mol. The van der Waals surface area contributed by atoms with Gasteiger partial charge in [-0.3, -0.25) is 4.79 Å². The molecule has 1 amide bonds. The van der Waals surface area contributed by atoms with Crippen LogP contribution < -0.4 is 11.1 Å². The molecule has 2 aliphatic rings. The lowest BCUT2D eigenvalue weighted by Crippen LogP contribution is -2.38. The molecule has 3 N–H and O–H groups in total. The second-order valence-electron chi connectivity index (χ2n) is 6.62. The summed E-state index contributed by atoms with van der Waals surface area (Å²) >= 11 is 0. The fraction of sp³-hybridized carbons (Fsp3) is 0.625. The molecule has 4 heteroatoms. The Morgan fingerprint density at radius 3 is 2.75 bits per heavy atom. The third-order valence-electron chi connectivity index (χ3n) is 4.77. The van der Waals surface area contributed by atoms with Crippen LogP contribution >= 0.6 is 0 Å². The molecule has 20 heavy (non-hydrogen) atoms. The Balaban J connectivity index is 1.74. The Morgan fingerprint density at radius 1 is 1.35 bits per heavy atom. The molecule has 0 saturated heterocycles. The van der Waals surface area contributed by atoms with Gasteiger partial charge in [-0.2, -0.15) is 0 Å². The van der Waals surface area contributed by atoms with Crippen molar-refractivity contribution in [3.63, 3.8) is 0 Å². The number of rotatable bonds is 3. The summed E-state index contributed by atoms with van der Waals surface area (Å²) in [4.78, 5) is 16.7. The third kappa shape index (κ3) is 2.51. The zero-order valence-electron chi connectivity index (χ0n) is 12.2. The second kappa shape index (κ2) is 5.08. The van der Waals surface area contributed by atoms with E-state index < -0.39 is 0 Å². The molecule has 2 bridgehead atoms. The molecule has 3 unspecified atom stereocenters. The van der Waals surface area contributed by atoms with Gasteiger partial charge in [0.25, 0.3) is 5.91 Å². The van der Waals surface area contributed by atoms with Crippen molar-refractivity contribution in [3.8, 4) is 0 Å². The SMILES string of the molecule is CC(C)c1cc(C(=O)NC2CC3CCC2C3)cc(N)n1. The van der Waals surface area contributed by atoms with E-state index in [0.717, 1.165) is 18.0 Å². The number of pyridine rings is 1. The van der Waals surface area contributed by atoms with Gasteiger partial charge in [0.2, 0.25) is 0 Å². The average Bonchev–Trinajstić information content (AvgIpc) is 3.00. The molecule has 3 rings (SSSR count). The van der Waals surface area contributed by atoms with E-state index in [2.05, 4.69) is 24.1 Å². The molecule has 1 aromatic heterocycles. The predicted molar refractivity (Wildman–Crippen MR) is 79.4 cm³/mol. The van der Waals surface area contributed by atoms with Crippen molar-refractivity contribution < 1.29 is 4.79 Å². The van der Waals surface area contributed by atoms with E-state index in [9.17, 15) is 4.79 Å². The summed E-state index contributed by atoms with van der Waals surface area (Å²) in [6.45, 7) is 4.11. The zero-order chi connectivity index (χ0) is 14.3. The van der Waals surface area contributed by atoms with E-state index in [-0.39, 0.29) is 11.8 Å². The zero-order valence-corrected chi connectivity index (χ0v) is 12.2. The molecule has 0 radical (unpaired) electrons. The summed E-state index contributed by atoms with van der Waals surface area (Å²) in [5.41, 5.74) is 7.33. The number of fused-ring (bicyclic) bond motifs is 2. The number of hydrogen-bond acceptors (Lipinski definition) is 3. The van der Waals surface area contributed by atoms with Crippen LogP contribution in [0, 0.1) is 11.8 Å². The van der Waals surface area contributed by atoms with Crippen molar-refractivity contribution in [2.75, 3.05) is 5.73 Å². The molecule has 3 atom stereocenters. The molecule has 0 aromatic carbocycles. The maximum Gasteiger partial charge on any atom is 0.251 e. The lowest BCUT2D eigenvalue weighted by Gasteiger charge is -2.23. The van der Waals surface area contributed by atoms with E-state index in [0.29, 0.717) is 23.3 Å². The minimum atomic E-state index is -0.00134. The van der Waals surface area contributed by atoms with E-state index in [4.69, 9.17) is 5.73 Å². The fourth-order valence-corrected chi connectivity index (χ4v) is 3.67. The van der Waals surface area contributed by atoms with Crippen molar-refractivity contribution in [2.45, 2.75) is 51.5 Å². The van der Waals surface area contributed by atoms with Gasteiger partial charge in [0.05, 0.1) is 0 Å². The molecule has 0 spiro atoms. The average molecular weight is 273 g/mol. The summed E-state index contributed by atoms with van der Waals surface area (Å²) in [6, 6.07) is 3.90. The molecule has 2 saturated carbocycles. The fourth-order valence-electron chi connectivity index (χ4n) is 3.67. The van der Waals surface area contributed by atoms with Gasteiger partial charge in [0.15, 0.2) is 0 Å². The normalized spacial score (nSPS) is 28.1. The van der Waals surface area contributed by atoms with Gasteiger partial charge in [0, 0.05) is 17.3 Å². The minimum Gasteiger partial charge on any atom is -0.384 e. The number of amides is 1. The van der Waals surface area contributed by atoms with E-state index in [1.54, 1.807) is 6.07 Å². The Hall–Kier alpha value is -1.58. The number of nitrogens with two attached hydrogens (primary N) is 1. The van der Waals surface area contributed by atoms with E-state index >= 15 is 0 Å². The summed E-state index contributed by atoms with van der Waals surface area (Å²) in [5.74, 6) is 2.21. The number of carbonyl (C=O) groups excluding carboxylic acids is 1. The maximum atomic E-state index is 12.4. The van der Waals surface area contributed by atoms with Crippen molar-refractivity contribution in [1.82, 2.24) is 10.3 Å². The highest BCUT2D eigenvalue weighted by molar-refractivity contribution is 5.95. The number of aromatic nitrogens is 1. The number of anilines is 1. The van der Waals surface area contributed by atoms with Crippen LogP contribution in [0.5, 0.6) is 0 Å². The Morgan fingerprint density at radius 2 is 2.15 bits per heavy atom. The summed E-state index contributed by atoms with van der Waals surface area (Å²) in [7, 11) is 0. The maximum absolute atomic E-state index is 12.4. The van der Waals surface area contributed by atoms with Crippen molar-refractivity contribution in [1.29, 1.82) is 0 Å². The molecule has 0 aliphatic heterocycles. The van der Waals surface area contributed by atoms with Crippen molar-refractivity contribution >= 4 is 11.7 Å². The first-order valence-electron chi connectivity index (χ1n) is 7.61. The summed E-state index contributed by atoms with van der Waals surface area (Å²) < 4.78 is 0. The number of hydrogen-bond donors (Lipinski definition) is 2. The summed E-state index contributed by atoms with van der Waals surface area (Å²) in [6.07, 6.45) is 5.05. The highest BCUT2D eigenvalue weighted by Crippen LogP contribution is 2.44. The van der Waals surface area contributed by atoms with E-state index in [1.165, 1.54) is 19.3 Å². The lowest BCUT2D eigenvalue weighted by atomic mass is 9.95. The largest absolute Gasteiger partial charge is 0.384 e. The molecule has 4 nitrogen and oxygen atoms in total. The van der Waals surface area contributed by atoms with E-state index in [1.807, 2.05) is 6.07 Å². The first kappa shape index (κ1) is 13.4. The topological polar surface area (TPSA) is 68.0 Å². The number of nitrogen functional groups attached to an aromatic ring is 1. The monoisotopic (exact) mass is 273 g/mol. The van der Waals surface area contributed by atoms with Crippen molar-refractivity contribution in [3.05, 3.63) is 23.4 Å². The lowest BCUT2D eigenvalue weighted by molar-refractivity contribution is 0.0922. The van der Waals surface area contributed by atoms with Gasteiger partial charge in [-0.15, -0.1) is 0 Å². The molecule has 1 heterocycles. The Kier molecular flexibility index (Phi) is 3.40. The highest BCUT2D eigenvalue weighted by atomic mass is 16.1. The van der Waals surface area contributed by atoms with Gasteiger partial charge in [-0.25, -0.2) is 4.98 Å². The number of nitrogens with zero attached hydrogens (tertiary/aromatic N) is 1. The van der Waals surface area contributed by atoms with Gasteiger partial charge in [0.1, 0.15) is 5.82 Å². The number of carbonyl (C=O) groups is 1. The summed E-state index contributed by atoms with van der Waals surface area (Å²) in [5, 5.41) is 3.20. The molecule has 108 valence electrons. The van der Waals surface area contributed by atoms with Crippen LogP contribution in [0.3, 0.4) is 0 Å². The van der Waals surface area contributed by atoms with Crippen LogP contribution in [0.4, 0.5) is 5.82 Å². The first-order valence-corrected chi connectivity index (χ1v) is 7.61. The third-order valence-corrected chi connectivity index (χ3v) is 4.77. The van der Waals surface area contributed by atoms with Gasteiger partial charge in [-0.1, -0.05) is 20.3 Å². The Bertz CT molecular complexity index is 526. The molecular formula is C16H23N3O. The van der Waals surface area contributed by atoms with Crippen LogP contribution in [0.15, 0.2) is 12.1 Å². The quantitative estimate of drug-likeness (QED) is 0.889. The predicted octanol–water partition coefficient (Wildman–Crippen LogP) is 2.71. The van der Waals surface area contributed by atoms with Crippen molar-refractivity contribution in [2.24, 2.45) is 11.8 Å². The van der Waals surface area contributed by atoms with Gasteiger partial charge in [-0.05, 0) is 49.1 Å². The molecule has 2 aliphatic carbocycles. The second-order valence-corrected chi connectivity index (χ2v) is 6.62. The molecule has 2 fully saturated rings. The first-order chi connectivity index (χ1) is 9.52. The highest BCUT2D eigenvalue weighted by Gasteiger charge is 2.40. The Labute approximate surface area is 120 Å². The molecule has 1 aromatic rings. The van der Waals surface area contributed by atoms with Crippen LogP contribution in [0.25, 0.3) is 0 Å². The minimum absolute atomic E-state index is 0.00134.